The Kier molecular flexibility index (Phi) is 6.34. The van der Waals surface area contributed by atoms with E-state index in [1.807, 2.05) is 11.0 Å². The van der Waals surface area contributed by atoms with Crippen LogP contribution < -0.4 is 5.32 Å². The predicted molar refractivity (Wildman–Crippen MR) is 115 cm³/mol. The number of H-pyrrole nitrogens is 1. The highest BCUT2D eigenvalue weighted by molar-refractivity contribution is 5.84. The number of aromatic amines is 1. The highest BCUT2D eigenvalue weighted by Gasteiger charge is 2.30. The van der Waals surface area contributed by atoms with E-state index in [0.717, 1.165) is 64.5 Å². The zero-order chi connectivity index (χ0) is 20.1. The molecular weight excluding hydrogens is 366 g/mol. The highest BCUT2D eigenvalue weighted by Crippen LogP contribution is 2.18. The molecule has 7 heteroatoms. The maximum Gasteiger partial charge on any atom is 0.251 e. The zero-order valence-electron chi connectivity index (χ0n) is 17.2. The van der Waals surface area contributed by atoms with E-state index in [4.69, 9.17) is 9.73 Å². The number of para-hydroxylation sites is 1. The lowest BCUT2D eigenvalue weighted by Crippen LogP contribution is -2.55. The molecule has 4 rings (SSSR count). The smallest absolute Gasteiger partial charge is 0.251 e. The van der Waals surface area contributed by atoms with Crippen LogP contribution in [-0.2, 0) is 16.0 Å². The summed E-state index contributed by atoms with van der Waals surface area (Å²) in [7, 11) is 0. The molecule has 3 heterocycles. The number of amides is 1. The SMILES string of the molecule is CCNC(=NCCc1c[nH]c2ccccc12)N1CCN(C(=O)C2CCCO2)CC1. The Morgan fingerprint density at radius 2 is 2.03 bits per heavy atom. The van der Waals surface area contributed by atoms with Gasteiger partial charge in [0, 0.05) is 63.0 Å². The summed E-state index contributed by atoms with van der Waals surface area (Å²) in [5.74, 6) is 1.10. The summed E-state index contributed by atoms with van der Waals surface area (Å²) in [5.41, 5.74) is 2.47. The maximum atomic E-state index is 12.5. The molecule has 2 aromatic rings. The van der Waals surface area contributed by atoms with Gasteiger partial charge in [0.15, 0.2) is 5.96 Å². The summed E-state index contributed by atoms with van der Waals surface area (Å²) in [4.78, 5) is 24.9. The van der Waals surface area contributed by atoms with E-state index in [0.29, 0.717) is 6.61 Å². The molecular formula is C22H31N5O2. The Hall–Kier alpha value is -2.54. The summed E-state index contributed by atoms with van der Waals surface area (Å²) in [6.07, 6.45) is 4.61. The fraction of sp³-hybridized carbons (Fsp3) is 0.545. The molecule has 0 spiro atoms. The predicted octanol–water partition coefficient (Wildman–Crippen LogP) is 2.00. The van der Waals surface area contributed by atoms with Crippen molar-refractivity contribution in [1.82, 2.24) is 20.1 Å². The normalized spacial score (nSPS) is 20.4. The molecule has 0 bridgehead atoms. The standard InChI is InChI=1S/C22H31N5O2/c1-2-23-22(24-10-9-17-16-25-19-7-4-3-6-18(17)19)27-13-11-26(12-14-27)21(28)20-8-5-15-29-20/h3-4,6-7,16,20,25H,2,5,8-15H2,1H3,(H,23,24). The summed E-state index contributed by atoms with van der Waals surface area (Å²) >= 11 is 0. The number of benzene rings is 1. The molecule has 156 valence electrons. The van der Waals surface area contributed by atoms with Crippen molar-refractivity contribution >= 4 is 22.8 Å². The third-order valence-electron chi connectivity index (χ3n) is 5.75. The lowest BCUT2D eigenvalue weighted by atomic mass is 10.1. The number of nitrogens with zero attached hydrogens (tertiary/aromatic N) is 3. The minimum atomic E-state index is -0.223. The van der Waals surface area contributed by atoms with Gasteiger partial charge in [0.25, 0.3) is 5.91 Å². The van der Waals surface area contributed by atoms with E-state index in [1.165, 1.54) is 16.5 Å². The summed E-state index contributed by atoms with van der Waals surface area (Å²) < 4.78 is 5.56. The van der Waals surface area contributed by atoms with Crippen LogP contribution >= 0.6 is 0 Å². The summed E-state index contributed by atoms with van der Waals surface area (Å²) in [5, 5.41) is 4.68. The van der Waals surface area contributed by atoms with Crippen molar-refractivity contribution in [3.63, 3.8) is 0 Å². The fourth-order valence-corrected chi connectivity index (χ4v) is 4.16. The Morgan fingerprint density at radius 1 is 1.24 bits per heavy atom. The molecule has 1 aromatic carbocycles. The van der Waals surface area contributed by atoms with Gasteiger partial charge < -0.3 is 24.8 Å². The van der Waals surface area contributed by atoms with Gasteiger partial charge in [-0.25, -0.2) is 0 Å². The van der Waals surface area contributed by atoms with E-state index in [-0.39, 0.29) is 12.0 Å². The number of aliphatic imine (C=N–C) groups is 1. The van der Waals surface area contributed by atoms with Crippen LogP contribution in [0.25, 0.3) is 10.9 Å². The molecule has 1 unspecified atom stereocenters. The molecule has 0 aliphatic carbocycles. The molecule has 29 heavy (non-hydrogen) atoms. The molecule has 2 fully saturated rings. The fourth-order valence-electron chi connectivity index (χ4n) is 4.16. The average molecular weight is 398 g/mol. The molecule has 0 saturated carbocycles. The van der Waals surface area contributed by atoms with Crippen LogP contribution in [0.2, 0.25) is 0 Å². The first kappa shape index (κ1) is 19.8. The Bertz CT molecular complexity index is 848. The van der Waals surface area contributed by atoms with Crippen LogP contribution in [-0.4, -0.2) is 78.6 Å². The molecule has 1 atom stereocenters. The number of rotatable bonds is 5. The molecule has 1 amide bonds. The van der Waals surface area contributed by atoms with Gasteiger partial charge >= 0.3 is 0 Å². The number of guanidine groups is 1. The van der Waals surface area contributed by atoms with E-state index >= 15 is 0 Å². The van der Waals surface area contributed by atoms with Crippen molar-refractivity contribution in [2.24, 2.45) is 4.99 Å². The number of hydrogen-bond donors (Lipinski definition) is 2. The second-order valence-corrected chi connectivity index (χ2v) is 7.66. The van der Waals surface area contributed by atoms with Crippen LogP contribution in [0, 0.1) is 0 Å². The van der Waals surface area contributed by atoms with E-state index in [1.54, 1.807) is 0 Å². The van der Waals surface area contributed by atoms with Crippen molar-refractivity contribution in [3.8, 4) is 0 Å². The molecule has 2 aliphatic rings. The van der Waals surface area contributed by atoms with Gasteiger partial charge in [-0.2, -0.15) is 0 Å². The zero-order valence-corrected chi connectivity index (χ0v) is 17.2. The summed E-state index contributed by atoms with van der Waals surface area (Å²) in [6, 6.07) is 8.38. The van der Waals surface area contributed by atoms with Crippen molar-refractivity contribution in [2.45, 2.75) is 32.3 Å². The summed E-state index contributed by atoms with van der Waals surface area (Å²) in [6.45, 7) is 7.43. The lowest BCUT2D eigenvalue weighted by Gasteiger charge is -2.37. The molecule has 2 aliphatic heterocycles. The molecule has 2 N–H and O–H groups in total. The van der Waals surface area contributed by atoms with Gasteiger partial charge in [0.2, 0.25) is 0 Å². The number of hydrogen-bond acceptors (Lipinski definition) is 3. The van der Waals surface area contributed by atoms with Gasteiger partial charge in [-0.1, -0.05) is 18.2 Å². The lowest BCUT2D eigenvalue weighted by molar-refractivity contribution is -0.142. The first-order valence-corrected chi connectivity index (χ1v) is 10.7. The monoisotopic (exact) mass is 397 g/mol. The van der Waals surface area contributed by atoms with Gasteiger partial charge in [0.1, 0.15) is 6.10 Å². The van der Waals surface area contributed by atoms with Crippen molar-refractivity contribution in [2.75, 3.05) is 45.9 Å². The highest BCUT2D eigenvalue weighted by atomic mass is 16.5. The quantitative estimate of drug-likeness (QED) is 0.598. The van der Waals surface area contributed by atoms with Gasteiger partial charge in [0.05, 0.1) is 0 Å². The third kappa shape index (κ3) is 4.56. The molecule has 2 saturated heterocycles. The number of aromatic nitrogens is 1. The minimum Gasteiger partial charge on any atom is -0.368 e. The van der Waals surface area contributed by atoms with Gasteiger partial charge in [-0.3, -0.25) is 9.79 Å². The number of fused-ring (bicyclic) bond motifs is 1. The molecule has 0 radical (unpaired) electrons. The van der Waals surface area contributed by atoms with Gasteiger partial charge in [-0.15, -0.1) is 0 Å². The number of ether oxygens (including phenoxy) is 1. The number of piperazine rings is 1. The Labute approximate surface area is 172 Å². The third-order valence-corrected chi connectivity index (χ3v) is 5.75. The van der Waals surface area contributed by atoms with E-state index < -0.39 is 0 Å². The van der Waals surface area contributed by atoms with E-state index in [9.17, 15) is 4.79 Å². The van der Waals surface area contributed by atoms with Crippen LogP contribution in [0.5, 0.6) is 0 Å². The van der Waals surface area contributed by atoms with Crippen molar-refractivity contribution in [1.29, 1.82) is 0 Å². The first-order valence-electron chi connectivity index (χ1n) is 10.7. The second kappa shape index (κ2) is 9.31. The molecule has 1 aromatic heterocycles. The van der Waals surface area contributed by atoms with Crippen LogP contribution in [0.1, 0.15) is 25.3 Å². The minimum absolute atomic E-state index is 0.156. The first-order chi connectivity index (χ1) is 14.3. The second-order valence-electron chi connectivity index (χ2n) is 7.66. The number of carbonyl (C=O) groups excluding carboxylic acids is 1. The van der Waals surface area contributed by atoms with Crippen molar-refractivity contribution < 1.29 is 9.53 Å². The Balaban J connectivity index is 1.33. The van der Waals surface area contributed by atoms with E-state index in [2.05, 4.69) is 46.5 Å². The van der Waals surface area contributed by atoms with Crippen molar-refractivity contribution in [3.05, 3.63) is 36.0 Å². The molecule has 7 nitrogen and oxygen atoms in total. The number of nitrogens with one attached hydrogen (secondary N) is 2. The average Bonchev–Trinajstić information content (AvgIpc) is 3.43. The maximum absolute atomic E-state index is 12.5. The van der Waals surface area contributed by atoms with Gasteiger partial charge in [-0.05, 0) is 37.8 Å². The Morgan fingerprint density at radius 3 is 2.79 bits per heavy atom. The van der Waals surface area contributed by atoms with Crippen LogP contribution in [0.15, 0.2) is 35.5 Å². The topological polar surface area (TPSA) is 73.0 Å². The van der Waals surface area contributed by atoms with Crippen LogP contribution in [0.4, 0.5) is 0 Å². The van der Waals surface area contributed by atoms with Crippen LogP contribution in [0.3, 0.4) is 0 Å². The largest absolute Gasteiger partial charge is 0.368 e. The number of carbonyl (C=O) groups is 1.